The molecule has 0 radical (unpaired) electrons. The molecule has 0 amide bonds. The number of aromatic amines is 1. The maximum absolute atomic E-state index is 11.5. The average molecular weight is 471 g/mol. The summed E-state index contributed by atoms with van der Waals surface area (Å²) in [7, 11) is 0. The van der Waals surface area contributed by atoms with Gasteiger partial charge in [-0.05, 0) is 18.6 Å². The highest BCUT2D eigenvalue weighted by Gasteiger charge is 2.58. The van der Waals surface area contributed by atoms with Crippen molar-refractivity contribution in [2.75, 3.05) is 6.61 Å². The molecule has 3 aromatic rings. The fourth-order valence-electron chi connectivity index (χ4n) is 3.30. The number of nitrogens with one attached hydrogen (secondary N) is 1. The Bertz CT molecular complexity index is 1090. The Morgan fingerprint density at radius 1 is 1.47 bits per heavy atom. The highest BCUT2D eigenvalue weighted by molar-refractivity contribution is 7.80. The van der Waals surface area contributed by atoms with Gasteiger partial charge in [-0.25, -0.2) is 4.68 Å². The minimum atomic E-state index is -1.71. The van der Waals surface area contributed by atoms with Gasteiger partial charge in [-0.3, -0.25) is 4.79 Å². The molecule has 0 spiro atoms. The van der Waals surface area contributed by atoms with Crippen molar-refractivity contribution in [3.63, 3.8) is 0 Å². The van der Waals surface area contributed by atoms with Crippen LogP contribution in [0.25, 0.3) is 11.4 Å². The Balaban J connectivity index is 1.78. The molecule has 3 N–H and O–H groups in total. The van der Waals surface area contributed by atoms with Crippen molar-refractivity contribution in [1.29, 1.82) is 0 Å². The summed E-state index contributed by atoms with van der Waals surface area (Å²) in [4.78, 5) is 12.2. The molecule has 0 saturated carbocycles. The molecular weight excluding hydrogens is 452 g/mol. The van der Waals surface area contributed by atoms with E-state index in [1.165, 1.54) is 10.9 Å². The number of ether oxygens (including phenoxy) is 2. The number of aliphatic hydroxyl groups is 2. The van der Waals surface area contributed by atoms with E-state index in [4.69, 9.17) is 21.1 Å². The van der Waals surface area contributed by atoms with Gasteiger partial charge >= 0.3 is 4.87 Å². The number of aliphatic hydroxyl groups excluding tert-OH is 2. The highest BCUT2D eigenvalue weighted by Crippen LogP contribution is 2.43. The number of benzene rings is 1. The first-order chi connectivity index (χ1) is 14.3. The number of hydrogen-bond donors (Lipinski definition) is 4. The number of alkyl halides is 1. The van der Waals surface area contributed by atoms with Crippen LogP contribution in [0.1, 0.15) is 5.56 Å². The van der Waals surface area contributed by atoms with Crippen LogP contribution in [0.3, 0.4) is 0 Å². The van der Waals surface area contributed by atoms with E-state index in [0.717, 1.165) is 16.9 Å². The van der Waals surface area contributed by atoms with E-state index in [1.54, 1.807) is 17.5 Å². The number of para-hydroxylation sites is 1. The van der Waals surface area contributed by atoms with Crippen molar-refractivity contribution in [2.45, 2.75) is 35.7 Å². The molecule has 1 aliphatic rings. The number of thiazole rings is 1. The van der Waals surface area contributed by atoms with E-state index in [1.807, 2.05) is 19.1 Å². The van der Waals surface area contributed by atoms with Crippen LogP contribution in [0.15, 0.2) is 40.6 Å². The molecule has 30 heavy (non-hydrogen) atoms. The zero-order valence-corrected chi connectivity index (χ0v) is 18.1. The fourth-order valence-corrected chi connectivity index (χ4v) is 4.73. The molecule has 160 valence electrons. The maximum Gasteiger partial charge on any atom is 0.304 e. The SMILES string of the molecule is Cc1ccccc1O[C@H]1[C@@H](CO)O[C@H](S)[C@H](O)[C@]1(Cl)n1cc(-c2csc(=O)[nH]2)nn1. The molecule has 1 aromatic carbocycles. The first kappa shape index (κ1) is 21.3. The van der Waals surface area contributed by atoms with Crippen molar-refractivity contribution in [2.24, 2.45) is 0 Å². The smallest absolute Gasteiger partial charge is 0.304 e. The molecule has 3 heterocycles. The van der Waals surface area contributed by atoms with Gasteiger partial charge in [0.15, 0.2) is 6.10 Å². The molecular formula is C18H19ClN4O5S2. The summed E-state index contributed by atoms with van der Waals surface area (Å²) in [5, 5.41) is 30.6. The lowest BCUT2D eigenvalue weighted by Crippen LogP contribution is -2.65. The van der Waals surface area contributed by atoms with E-state index in [-0.39, 0.29) is 4.87 Å². The van der Waals surface area contributed by atoms with Gasteiger partial charge in [0, 0.05) is 5.38 Å². The van der Waals surface area contributed by atoms with Gasteiger partial charge in [-0.2, -0.15) is 0 Å². The second-order valence-electron chi connectivity index (χ2n) is 6.83. The zero-order chi connectivity index (χ0) is 21.5. The van der Waals surface area contributed by atoms with Crippen LogP contribution in [0, 0.1) is 6.92 Å². The maximum atomic E-state index is 11.5. The zero-order valence-electron chi connectivity index (χ0n) is 15.7. The quantitative estimate of drug-likeness (QED) is 0.328. The molecule has 0 unspecified atom stereocenters. The summed E-state index contributed by atoms with van der Waals surface area (Å²) in [6.07, 6.45) is -1.82. The van der Waals surface area contributed by atoms with Gasteiger partial charge in [0.1, 0.15) is 29.1 Å². The molecule has 0 aliphatic carbocycles. The summed E-state index contributed by atoms with van der Waals surface area (Å²) >= 11 is 12.2. The number of rotatable bonds is 5. The van der Waals surface area contributed by atoms with E-state index < -0.39 is 35.4 Å². The monoisotopic (exact) mass is 470 g/mol. The minimum absolute atomic E-state index is 0.234. The standard InChI is InChI=1S/C18H19ClN4O5S2/c1-9-4-2-3-5-12(9)27-15-13(7-24)28-16(29)14(25)18(15,19)23-6-10(21-22-23)11-8-30-17(26)20-11/h2-6,8,13-16,24-25,29H,7H2,1H3,(H,20,26)/t13-,14+,15+,16-,18+/m1/s1. The lowest BCUT2D eigenvalue weighted by Gasteiger charge is -2.47. The predicted octanol–water partition coefficient (Wildman–Crippen LogP) is 1.35. The van der Waals surface area contributed by atoms with Gasteiger partial charge in [-0.1, -0.05) is 46.4 Å². The first-order valence-corrected chi connectivity index (χ1v) is 10.8. The first-order valence-electron chi connectivity index (χ1n) is 8.99. The highest BCUT2D eigenvalue weighted by atomic mass is 35.5. The van der Waals surface area contributed by atoms with Crippen LogP contribution < -0.4 is 9.61 Å². The number of thiol groups is 1. The third-order valence-electron chi connectivity index (χ3n) is 4.90. The molecule has 1 aliphatic heterocycles. The fraction of sp³-hybridized carbons (Fsp3) is 0.389. The molecule has 4 rings (SSSR count). The Kier molecular flexibility index (Phi) is 5.93. The van der Waals surface area contributed by atoms with E-state index >= 15 is 0 Å². The van der Waals surface area contributed by atoms with Gasteiger partial charge < -0.3 is 24.7 Å². The summed E-state index contributed by atoms with van der Waals surface area (Å²) in [5.41, 5.74) is 0.657. The lowest BCUT2D eigenvalue weighted by atomic mass is 9.95. The molecule has 1 saturated heterocycles. The van der Waals surface area contributed by atoms with Crippen molar-refractivity contribution in [1.82, 2.24) is 20.0 Å². The van der Waals surface area contributed by atoms with Gasteiger partial charge in [-0.15, -0.1) is 17.7 Å². The summed E-state index contributed by atoms with van der Waals surface area (Å²) in [6.45, 7) is 1.44. The minimum Gasteiger partial charge on any atom is -0.483 e. The molecule has 2 aromatic heterocycles. The normalized spacial score (nSPS) is 29.1. The number of halogens is 1. The largest absolute Gasteiger partial charge is 0.483 e. The van der Waals surface area contributed by atoms with Crippen LogP contribution in [0.2, 0.25) is 0 Å². The second kappa shape index (κ2) is 8.33. The van der Waals surface area contributed by atoms with Crippen LogP contribution in [-0.4, -0.2) is 60.5 Å². The van der Waals surface area contributed by atoms with Gasteiger partial charge in [0.2, 0.25) is 5.00 Å². The third-order valence-corrected chi connectivity index (χ3v) is 6.59. The van der Waals surface area contributed by atoms with E-state index in [2.05, 4.69) is 27.9 Å². The second-order valence-corrected chi connectivity index (χ2v) is 8.79. The van der Waals surface area contributed by atoms with Crippen LogP contribution in [0.5, 0.6) is 5.75 Å². The number of aromatic nitrogens is 4. The van der Waals surface area contributed by atoms with Crippen LogP contribution >= 0.6 is 35.6 Å². The number of aryl methyl sites for hydroxylation is 1. The Morgan fingerprint density at radius 3 is 2.90 bits per heavy atom. The van der Waals surface area contributed by atoms with E-state index in [0.29, 0.717) is 17.1 Å². The molecule has 5 atom stereocenters. The molecule has 0 bridgehead atoms. The summed E-state index contributed by atoms with van der Waals surface area (Å²) in [6, 6.07) is 7.28. The summed E-state index contributed by atoms with van der Waals surface area (Å²) in [5.74, 6) is 0.516. The molecule has 1 fully saturated rings. The number of hydrogen-bond acceptors (Lipinski definition) is 9. The predicted molar refractivity (Wildman–Crippen MR) is 114 cm³/mol. The van der Waals surface area contributed by atoms with Gasteiger partial charge in [0.05, 0.1) is 18.5 Å². The van der Waals surface area contributed by atoms with Crippen molar-refractivity contribution >= 4 is 35.6 Å². The molecule has 12 heteroatoms. The van der Waals surface area contributed by atoms with Crippen molar-refractivity contribution < 1.29 is 19.7 Å². The van der Waals surface area contributed by atoms with Crippen LogP contribution in [0.4, 0.5) is 0 Å². The van der Waals surface area contributed by atoms with Crippen LogP contribution in [-0.2, 0) is 9.73 Å². The van der Waals surface area contributed by atoms with Crippen molar-refractivity contribution in [3.8, 4) is 17.1 Å². The number of nitrogens with zero attached hydrogens (tertiary/aromatic N) is 3. The Hall–Kier alpha value is -1.89. The Morgan fingerprint density at radius 2 is 2.23 bits per heavy atom. The summed E-state index contributed by atoms with van der Waals surface area (Å²) < 4.78 is 13.0. The topological polar surface area (TPSA) is 122 Å². The lowest BCUT2D eigenvalue weighted by molar-refractivity contribution is -0.184. The van der Waals surface area contributed by atoms with Gasteiger partial charge in [0.25, 0.3) is 0 Å². The third kappa shape index (κ3) is 3.66. The van der Waals surface area contributed by atoms with Crippen molar-refractivity contribution in [3.05, 3.63) is 51.1 Å². The van der Waals surface area contributed by atoms with E-state index in [9.17, 15) is 15.0 Å². The number of H-pyrrole nitrogens is 1. The Labute approximate surface area is 185 Å². The average Bonchev–Trinajstić information content (AvgIpc) is 3.39. The molecule has 9 nitrogen and oxygen atoms in total.